The highest BCUT2D eigenvalue weighted by Crippen LogP contribution is 2.26. The van der Waals surface area contributed by atoms with Crippen molar-refractivity contribution in [3.05, 3.63) is 65.2 Å². The van der Waals surface area contributed by atoms with Gasteiger partial charge in [-0.3, -0.25) is 19.0 Å². The second-order valence-corrected chi connectivity index (χ2v) is 7.15. The summed E-state index contributed by atoms with van der Waals surface area (Å²) in [5, 5.41) is 3.38. The molecule has 0 radical (unpaired) electrons. The summed E-state index contributed by atoms with van der Waals surface area (Å²) in [4.78, 5) is 43.3. The zero-order chi connectivity index (χ0) is 21.1. The molecule has 0 unspecified atom stereocenters. The first-order valence-electron chi connectivity index (χ1n) is 9.73. The third kappa shape index (κ3) is 3.89. The van der Waals surface area contributed by atoms with Crippen LogP contribution in [0.25, 0.3) is 10.9 Å². The molecule has 0 aliphatic carbocycles. The molecule has 0 bridgehead atoms. The molecule has 4 rings (SSSR count). The summed E-state index contributed by atoms with van der Waals surface area (Å²) >= 11 is 0. The lowest BCUT2D eigenvalue weighted by atomic mass is 10.1. The Hall–Kier alpha value is -3.68. The van der Waals surface area contributed by atoms with E-state index in [2.05, 4.69) is 10.3 Å². The van der Waals surface area contributed by atoms with E-state index in [1.165, 1.54) is 10.9 Å². The summed E-state index contributed by atoms with van der Waals surface area (Å²) < 4.78 is 6.61. The fourth-order valence-corrected chi connectivity index (χ4v) is 3.60. The highest BCUT2D eigenvalue weighted by molar-refractivity contribution is 6.00. The van der Waals surface area contributed by atoms with Gasteiger partial charge in [-0.1, -0.05) is 12.1 Å². The van der Waals surface area contributed by atoms with Gasteiger partial charge in [-0.25, -0.2) is 4.98 Å². The van der Waals surface area contributed by atoms with Crippen LogP contribution in [0.2, 0.25) is 0 Å². The molecule has 2 heterocycles. The van der Waals surface area contributed by atoms with Crippen molar-refractivity contribution in [3.63, 3.8) is 0 Å². The number of benzene rings is 2. The molecule has 1 atom stereocenters. The Bertz CT molecular complexity index is 1140. The molecule has 1 aromatic heterocycles. The maximum atomic E-state index is 12.5. The predicted octanol–water partition coefficient (Wildman–Crippen LogP) is 1.57. The average molecular weight is 406 g/mol. The lowest BCUT2D eigenvalue weighted by Gasteiger charge is -2.17. The third-order valence-electron chi connectivity index (χ3n) is 5.26. The molecule has 1 aliphatic rings. The Balaban J connectivity index is 1.35. The normalized spacial score (nSPS) is 16.1. The summed E-state index contributed by atoms with van der Waals surface area (Å²) in [6.07, 6.45) is 1.65. The van der Waals surface area contributed by atoms with Gasteiger partial charge in [-0.2, -0.15) is 0 Å². The van der Waals surface area contributed by atoms with Crippen LogP contribution in [-0.4, -0.2) is 41.6 Å². The number of hydrogen-bond acceptors (Lipinski definition) is 5. The van der Waals surface area contributed by atoms with Crippen LogP contribution in [0.4, 0.5) is 5.69 Å². The average Bonchev–Trinajstić information content (AvgIpc) is 3.17. The molecule has 30 heavy (non-hydrogen) atoms. The van der Waals surface area contributed by atoms with Crippen molar-refractivity contribution in [1.29, 1.82) is 0 Å². The smallest absolute Gasteiger partial charge is 0.261 e. The van der Waals surface area contributed by atoms with Crippen LogP contribution in [0.5, 0.6) is 5.75 Å². The number of rotatable bonds is 6. The molecule has 1 aliphatic heterocycles. The second kappa shape index (κ2) is 8.36. The van der Waals surface area contributed by atoms with Crippen molar-refractivity contribution in [2.45, 2.75) is 13.0 Å². The number of para-hydroxylation sites is 1. The molecule has 8 heteroatoms. The first-order chi connectivity index (χ1) is 14.6. The van der Waals surface area contributed by atoms with Crippen molar-refractivity contribution in [2.24, 2.45) is 5.92 Å². The fourth-order valence-electron chi connectivity index (χ4n) is 3.60. The topological polar surface area (TPSA) is 93.5 Å². The van der Waals surface area contributed by atoms with Crippen molar-refractivity contribution >= 4 is 28.4 Å². The van der Waals surface area contributed by atoms with E-state index in [0.29, 0.717) is 29.7 Å². The highest BCUT2D eigenvalue weighted by atomic mass is 16.5. The highest BCUT2D eigenvalue weighted by Gasteiger charge is 2.34. The predicted molar refractivity (Wildman–Crippen MR) is 112 cm³/mol. The quantitative estimate of drug-likeness (QED) is 0.671. The van der Waals surface area contributed by atoms with E-state index in [4.69, 9.17) is 4.74 Å². The number of hydrogen-bond donors (Lipinski definition) is 1. The lowest BCUT2D eigenvalue weighted by molar-refractivity contribution is -0.126. The molecule has 3 aromatic rings. The monoisotopic (exact) mass is 406 g/mol. The summed E-state index contributed by atoms with van der Waals surface area (Å²) in [6.45, 7) is 0.922. The number of fused-ring (bicyclic) bond motifs is 1. The van der Waals surface area contributed by atoms with Gasteiger partial charge < -0.3 is 15.0 Å². The number of carbonyl (C=O) groups excluding carboxylic acids is 2. The standard InChI is InChI=1S/C22H22N4O4/c1-30-17-8-6-16(7-9-17)26-13-15(12-20(26)27)21(28)23-10-11-25-14-24-19-5-3-2-4-18(19)22(25)29/h2-9,14-15H,10-13H2,1H3,(H,23,28)/t15-/m0/s1. The molecule has 154 valence electrons. The Morgan fingerprint density at radius 3 is 2.70 bits per heavy atom. The van der Waals surface area contributed by atoms with Crippen LogP contribution in [0.3, 0.4) is 0 Å². The largest absolute Gasteiger partial charge is 0.497 e. The van der Waals surface area contributed by atoms with E-state index in [-0.39, 0.29) is 30.3 Å². The second-order valence-electron chi connectivity index (χ2n) is 7.15. The molecule has 0 saturated carbocycles. The number of aromatic nitrogens is 2. The van der Waals surface area contributed by atoms with Crippen molar-refractivity contribution in [2.75, 3.05) is 25.1 Å². The van der Waals surface area contributed by atoms with Crippen molar-refractivity contribution < 1.29 is 14.3 Å². The van der Waals surface area contributed by atoms with Crippen LogP contribution in [0, 0.1) is 5.92 Å². The minimum Gasteiger partial charge on any atom is -0.497 e. The number of amides is 2. The summed E-state index contributed by atoms with van der Waals surface area (Å²) in [7, 11) is 1.58. The van der Waals surface area contributed by atoms with Crippen LogP contribution in [0.1, 0.15) is 6.42 Å². The minimum atomic E-state index is -0.425. The number of anilines is 1. The van der Waals surface area contributed by atoms with Crippen LogP contribution in [0.15, 0.2) is 59.7 Å². The SMILES string of the molecule is COc1ccc(N2C[C@@H](C(=O)NCCn3cnc4ccccc4c3=O)CC2=O)cc1. The summed E-state index contributed by atoms with van der Waals surface area (Å²) in [5.74, 6) is 0.000545. The van der Waals surface area contributed by atoms with E-state index in [1.54, 1.807) is 54.5 Å². The minimum absolute atomic E-state index is 0.0877. The Labute approximate surface area is 173 Å². The summed E-state index contributed by atoms with van der Waals surface area (Å²) in [6, 6.07) is 14.3. The van der Waals surface area contributed by atoms with Gasteiger partial charge in [-0.05, 0) is 36.4 Å². The third-order valence-corrected chi connectivity index (χ3v) is 5.26. The number of ether oxygens (including phenoxy) is 1. The van der Waals surface area contributed by atoms with E-state index in [0.717, 1.165) is 5.69 Å². The summed E-state index contributed by atoms with van der Waals surface area (Å²) in [5.41, 5.74) is 1.24. The van der Waals surface area contributed by atoms with Gasteiger partial charge in [0.2, 0.25) is 11.8 Å². The fraction of sp³-hybridized carbons (Fsp3) is 0.273. The first-order valence-corrected chi connectivity index (χ1v) is 9.73. The number of nitrogens with zero attached hydrogens (tertiary/aromatic N) is 3. The van der Waals surface area contributed by atoms with Gasteiger partial charge in [-0.15, -0.1) is 0 Å². The molecule has 2 amide bonds. The number of carbonyl (C=O) groups is 2. The van der Waals surface area contributed by atoms with E-state index in [1.807, 2.05) is 6.07 Å². The number of methoxy groups -OCH3 is 1. The lowest BCUT2D eigenvalue weighted by Crippen LogP contribution is -2.36. The van der Waals surface area contributed by atoms with Crippen LogP contribution < -0.4 is 20.5 Å². The van der Waals surface area contributed by atoms with Gasteiger partial charge in [0, 0.05) is 31.7 Å². The van der Waals surface area contributed by atoms with E-state index < -0.39 is 5.92 Å². The van der Waals surface area contributed by atoms with Crippen LogP contribution in [-0.2, 0) is 16.1 Å². The Morgan fingerprint density at radius 1 is 1.17 bits per heavy atom. The van der Waals surface area contributed by atoms with Gasteiger partial charge in [0.15, 0.2) is 0 Å². The van der Waals surface area contributed by atoms with Crippen molar-refractivity contribution in [3.8, 4) is 5.75 Å². The van der Waals surface area contributed by atoms with Gasteiger partial charge >= 0.3 is 0 Å². The Kier molecular flexibility index (Phi) is 5.47. The maximum Gasteiger partial charge on any atom is 0.261 e. The first kappa shape index (κ1) is 19.6. The zero-order valence-electron chi connectivity index (χ0n) is 16.6. The van der Waals surface area contributed by atoms with Gasteiger partial charge in [0.25, 0.3) is 5.56 Å². The van der Waals surface area contributed by atoms with Crippen molar-refractivity contribution in [1.82, 2.24) is 14.9 Å². The molecule has 1 fully saturated rings. The van der Waals surface area contributed by atoms with E-state index >= 15 is 0 Å². The molecule has 2 aromatic carbocycles. The maximum absolute atomic E-state index is 12.5. The molecule has 1 N–H and O–H groups in total. The van der Waals surface area contributed by atoms with Gasteiger partial charge in [0.05, 0.1) is 30.3 Å². The molecule has 1 saturated heterocycles. The van der Waals surface area contributed by atoms with E-state index in [9.17, 15) is 14.4 Å². The number of nitrogens with one attached hydrogen (secondary N) is 1. The molecule has 0 spiro atoms. The molecule has 8 nitrogen and oxygen atoms in total. The zero-order valence-corrected chi connectivity index (χ0v) is 16.6. The molecular formula is C22H22N4O4. The Morgan fingerprint density at radius 2 is 1.93 bits per heavy atom. The van der Waals surface area contributed by atoms with Gasteiger partial charge in [0.1, 0.15) is 5.75 Å². The molecular weight excluding hydrogens is 384 g/mol. The van der Waals surface area contributed by atoms with Crippen LogP contribution >= 0.6 is 0 Å².